The molecule has 0 radical (unpaired) electrons. The van der Waals surface area contributed by atoms with Gasteiger partial charge in [-0.2, -0.15) is 0 Å². The molecule has 0 nitrogen and oxygen atoms in total. The minimum absolute atomic E-state index is 0.558. The molecule has 80 valence electrons. The van der Waals surface area contributed by atoms with Crippen LogP contribution >= 0.6 is 27.3 Å². The van der Waals surface area contributed by atoms with Crippen molar-refractivity contribution in [3.8, 4) is 0 Å². The molecule has 0 aliphatic heterocycles. The zero-order valence-corrected chi connectivity index (χ0v) is 11.6. The van der Waals surface area contributed by atoms with Crippen molar-refractivity contribution in [1.29, 1.82) is 0 Å². The Labute approximate surface area is 99.9 Å². The highest BCUT2D eigenvalue weighted by Gasteiger charge is 2.12. The highest BCUT2D eigenvalue weighted by molar-refractivity contribution is 9.09. The van der Waals surface area contributed by atoms with Gasteiger partial charge in [0.05, 0.1) is 0 Å². The lowest BCUT2D eigenvalue weighted by atomic mass is 10.0. The Morgan fingerprint density at radius 2 is 2.07 bits per heavy atom. The number of aryl methyl sites for hydroxylation is 1. The van der Waals surface area contributed by atoms with Gasteiger partial charge in [0.2, 0.25) is 0 Å². The molecule has 0 aromatic carbocycles. The summed E-state index contributed by atoms with van der Waals surface area (Å²) in [6.07, 6.45) is 3.68. The number of thiophene rings is 1. The minimum atomic E-state index is 0.558. The predicted octanol–water partition coefficient (Wildman–Crippen LogP) is 5.18. The Kier molecular flexibility index (Phi) is 5.18. The van der Waals surface area contributed by atoms with Crippen molar-refractivity contribution in [3.05, 3.63) is 21.9 Å². The van der Waals surface area contributed by atoms with Crippen LogP contribution in [-0.2, 0) is 6.42 Å². The first kappa shape index (κ1) is 12.3. The first-order valence-electron chi connectivity index (χ1n) is 5.40. The van der Waals surface area contributed by atoms with Gasteiger partial charge < -0.3 is 0 Å². The third-order valence-electron chi connectivity index (χ3n) is 2.65. The van der Waals surface area contributed by atoms with Gasteiger partial charge in [-0.15, -0.1) is 11.3 Å². The molecule has 0 aliphatic carbocycles. The highest BCUT2D eigenvalue weighted by Crippen LogP contribution is 2.35. The second-order valence-corrected chi connectivity index (χ2v) is 6.18. The second-order valence-electron chi connectivity index (χ2n) is 3.87. The van der Waals surface area contributed by atoms with Crippen LogP contribution in [0.5, 0.6) is 0 Å². The molecule has 2 unspecified atom stereocenters. The Hall–Kier alpha value is 0.180. The lowest BCUT2D eigenvalue weighted by Gasteiger charge is -2.12. The number of alkyl halides is 1. The van der Waals surface area contributed by atoms with Gasteiger partial charge in [-0.1, -0.05) is 43.1 Å². The maximum atomic E-state index is 3.78. The minimum Gasteiger partial charge on any atom is -0.144 e. The Bertz CT molecular complexity index is 267. The van der Waals surface area contributed by atoms with Gasteiger partial charge in [-0.3, -0.25) is 0 Å². The van der Waals surface area contributed by atoms with Crippen LogP contribution < -0.4 is 0 Å². The molecule has 1 aromatic rings. The fourth-order valence-electron chi connectivity index (χ4n) is 1.39. The predicted molar refractivity (Wildman–Crippen MR) is 69.4 cm³/mol. The SMILES string of the molecule is CCc1ccc(C(Br)CC(C)CC)s1. The van der Waals surface area contributed by atoms with Gasteiger partial charge in [-0.05, 0) is 30.9 Å². The van der Waals surface area contributed by atoms with Gasteiger partial charge in [0.1, 0.15) is 0 Å². The van der Waals surface area contributed by atoms with Gasteiger partial charge >= 0.3 is 0 Å². The van der Waals surface area contributed by atoms with Crippen LogP contribution in [0.3, 0.4) is 0 Å². The summed E-state index contributed by atoms with van der Waals surface area (Å²) in [7, 11) is 0. The van der Waals surface area contributed by atoms with E-state index in [4.69, 9.17) is 0 Å². The Balaban J connectivity index is 2.55. The highest BCUT2D eigenvalue weighted by atomic mass is 79.9. The molecule has 0 saturated carbocycles. The van der Waals surface area contributed by atoms with E-state index in [1.807, 2.05) is 11.3 Å². The molecule has 0 spiro atoms. The van der Waals surface area contributed by atoms with Crippen LogP contribution in [0.4, 0.5) is 0 Å². The molecular weight excluding hydrogens is 256 g/mol. The van der Waals surface area contributed by atoms with Gasteiger partial charge in [0.15, 0.2) is 0 Å². The van der Waals surface area contributed by atoms with E-state index in [9.17, 15) is 0 Å². The van der Waals surface area contributed by atoms with Crippen LogP contribution in [0.15, 0.2) is 12.1 Å². The molecule has 0 N–H and O–H groups in total. The summed E-state index contributed by atoms with van der Waals surface area (Å²) < 4.78 is 0. The molecular formula is C12H19BrS. The van der Waals surface area contributed by atoms with Crippen molar-refractivity contribution >= 4 is 27.3 Å². The van der Waals surface area contributed by atoms with E-state index in [-0.39, 0.29) is 0 Å². The third-order valence-corrected chi connectivity index (χ3v) is 5.16. The number of halogens is 1. The van der Waals surface area contributed by atoms with Crippen molar-refractivity contribution in [1.82, 2.24) is 0 Å². The quantitative estimate of drug-likeness (QED) is 0.649. The van der Waals surface area contributed by atoms with Crippen LogP contribution in [0.1, 0.15) is 48.2 Å². The molecule has 2 atom stereocenters. The van der Waals surface area contributed by atoms with Crippen LogP contribution in [-0.4, -0.2) is 0 Å². The van der Waals surface area contributed by atoms with E-state index in [1.165, 1.54) is 22.6 Å². The van der Waals surface area contributed by atoms with Crippen molar-refractivity contribution in [2.75, 3.05) is 0 Å². The average molecular weight is 275 g/mol. The molecule has 14 heavy (non-hydrogen) atoms. The van der Waals surface area contributed by atoms with Gasteiger partial charge in [0.25, 0.3) is 0 Å². The molecule has 1 rings (SSSR count). The van der Waals surface area contributed by atoms with Crippen molar-refractivity contribution < 1.29 is 0 Å². The van der Waals surface area contributed by atoms with Crippen molar-refractivity contribution in [2.45, 2.75) is 44.9 Å². The van der Waals surface area contributed by atoms with E-state index < -0.39 is 0 Å². The summed E-state index contributed by atoms with van der Waals surface area (Å²) in [5.74, 6) is 0.812. The van der Waals surface area contributed by atoms with Crippen LogP contribution in [0, 0.1) is 5.92 Å². The second kappa shape index (κ2) is 5.92. The van der Waals surface area contributed by atoms with Crippen LogP contribution in [0.2, 0.25) is 0 Å². The summed E-state index contributed by atoms with van der Waals surface area (Å²) in [5.41, 5.74) is 0. The molecule has 1 heterocycles. The van der Waals surface area contributed by atoms with Crippen molar-refractivity contribution in [2.24, 2.45) is 5.92 Å². The Morgan fingerprint density at radius 1 is 1.36 bits per heavy atom. The molecule has 0 fully saturated rings. The van der Waals surface area contributed by atoms with E-state index >= 15 is 0 Å². The summed E-state index contributed by atoms with van der Waals surface area (Å²) in [6, 6.07) is 4.52. The monoisotopic (exact) mass is 274 g/mol. The lowest BCUT2D eigenvalue weighted by Crippen LogP contribution is -1.96. The summed E-state index contributed by atoms with van der Waals surface area (Å²) in [6.45, 7) is 6.80. The summed E-state index contributed by atoms with van der Waals surface area (Å²) in [5, 5.41) is 0. The fourth-order valence-corrected chi connectivity index (χ4v) is 3.40. The molecule has 0 amide bonds. The number of rotatable bonds is 5. The van der Waals surface area contributed by atoms with Gasteiger partial charge in [-0.25, -0.2) is 0 Å². The fraction of sp³-hybridized carbons (Fsp3) is 0.667. The third kappa shape index (κ3) is 3.39. The first-order valence-corrected chi connectivity index (χ1v) is 7.13. The Morgan fingerprint density at radius 3 is 2.57 bits per heavy atom. The topological polar surface area (TPSA) is 0 Å². The number of hydrogen-bond donors (Lipinski definition) is 0. The summed E-state index contributed by atoms with van der Waals surface area (Å²) in [4.78, 5) is 3.54. The summed E-state index contributed by atoms with van der Waals surface area (Å²) >= 11 is 5.73. The smallest absolute Gasteiger partial charge is 0.0491 e. The standard InChI is InChI=1S/C12H19BrS/c1-4-9(3)8-11(13)12-7-6-10(5-2)14-12/h6-7,9,11H,4-5,8H2,1-3H3. The molecule has 2 heteroatoms. The largest absolute Gasteiger partial charge is 0.144 e. The molecule has 1 aromatic heterocycles. The maximum Gasteiger partial charge on any atom is 0.0491 e. The molecule has 0 saturated heterocycles. The van der Waals surface area contributed by atoms with E-state index in [0.717, 1.165) is 12.3 Å². The molecule has 0 bridgehead atoms. The maximum absolute atomic E-state index is 3.78. The zero-order chi connectivity index (χ0) is 10.6. The van der Waals surface area contributed by atoms with Gasteiger partial charge in [0, 0.05) is 14.6 Å². The first-order chi connectivity index (χ1) is 6.67. The number of hydrogen-bond acceptors (Lipinski definition) is 1. The average Bonchev–Trinajstić information content (AvgIpc) is 2.65. The van der Waals surface area contributed by atoms with Crippen LogP contribution in [0.25, 0.3) is 0 Å². The normalized spacial score (nSPS) is 15.4. The van der Waals surface area contributed by atoms with E-state index in [0.29, 0.717) is 4.83 Å². The van der Waals surface area contributed by atoms with E-state index in [2.05, 4.69) is 48.8 Å². The van der Waals surface area contributed by atoms with E-state index in [1.54, 1.807) is 0 Å². The lowest BCUT2D eigenvalue weighted by molar-refractivity contribution is 0.516. The van der Waals surface area contributed by atoms with Crippen molar-refractivity contribution in [3.63, 3.8) is 0 Å². The zero-order valence-electron chi connectivity index (χ0n) is 9.22. The molecule has 0 aliphatic rings.